The number of rotatable bonds is 6. The van der Waals surface area contributed by atoms with Crippen LogP contribution < -0.4 is 15.4 Å². The van der Waals surface area contributed by atoms with Crippen molar-refractivity contribution in [3.8, 4) is 5.75 Å². The maximum Gasteiger partial charge on any atom is 0.257 e. The summed E-state index contributed by atoms with van der Waals surface area (Å²) in [6.07, 6.45) is 1.62. The van der Waals surface area contributed by atoms with Gasteiger partial charge in [0.1, 0.15) is 5.75 Å². The second kappa shape index (κ2) is 8.66. The summed E-state index contributed by atoms with van der Waals surface area (Å²) in [6.45, 7) is 2.35. The zero-order valence-electron chi connectivity index (χ0n) is 14.4. The molecule has 0 aliphatic heterocycles. The number of hydrogen-bond acceptors (Lipinski definition) is 5. The summed E-state index contributed by atoms with van der Waals surface area (Å²) >= 11 is 7.46. The molecular weight excluding hydrogens is 386 g/mol. The van der Waals surface area contributed by atoms with Gasteiger partial charge in [-0.2, -0.15) is 0 Å². The van der Waals surface area contributed by atoms with Gasteiger partial charge in [-0.15, -0.1) is 11.3 Å². The lowest BCUT2D eigenvalue weighted by molar-refractivity contribution is 0.102. The molecule has 0 saturated heterocycles. The van der Waals surface area contributed by atoms with Gasteiger partial charge in [0.2, 0.25) is 0 Å². The SMILES string of the molecule is CCOc1ccc(C(=O)Nc2ccc(C(=O)Nc3nccs3)cc2)cc1Cl. The highest BCUT2D eigenvalue weighted by atomic mass is 35.5. The van der Waals surface area contributed by atoms with Crippen molar-refractivity contribution in [2.24, 2.45) is 0 Å². The van der Waals surface area contributed by atoms with Gasteiger partial charge in [0.15, 0.2) is 5.13 Å². The topological polar surface area (TPSA) is 80.3 Å². The number of hydrogen-bond donors (Lipinski definition) is 2. The molecule has 138 valence electrons. The molecule has 2 amide bonds. The van der Waals surface area contributed by atoms with E-state index in [9.17, 15) is 9.59 Å². The molecule has 0 fully saturated rings. The molecule has 8 heteroatoms. The van der Waals surface area contributed by atoms with Crippen molar-refractivity contribution in [3.05, 3.63) is 70.2 Å². The van der Waals surface area contributed by atoms with Gasteiger partial charge in [0, 0.05) is 28.4 Å². The highest BCUT2D eigenvalue weighted by Gasteiger charge is 2.11. The Labute approximate surface area is 165 Å². The van der Waals surface area contributed by atoms with Crippen molar-refractivity contribution in [1.82, 2.24) is 4.98 Å². The normalized spacial score (nSPS) is 10.3. The third-order valence-electron chi connectivity index (χ3n) is 3.55. The van der Waals surface area contributed by atoms with E-state index in [0.717, 1.165) is 0 Å². The van der Waals surface area contributed by atoms with E-state index in [0.29, 0.717) is 39.3 Å². The van der Waals surface area contributed by atoms with Gasteiger partial charge in [-0.3, -0.25) is 14.9 Å². The number of nitrogens with zero attached hydrogens (tertiary/aromatic N) is 1. The average molecular weight is 402 g/mol. The van der Waals surface area contributed by atoms with Crippen LogP contribution in [0.1, 0.15) is 27.6 Å². The van der Waals surface area contributed by atoms with Crippen LogP contribution in [0.4, 0.5) is 10.8 Å². The highest BCUT2D eigenvalue weighted by molar-refractivity contribution is 7.13. The molecule has 2 N–H and O–H groups in total. The molecule has 0 aliphatic rings. The number of anilines is 2. The molecule has 1 aromatic heterocycles. The first-order valence-corrected chi connectivity index (χ1v) is 9.37. The molecule has 0 spiro atoms. The molecule has 6 nitrogen and oxygen atoms in total. The fraction of sp³-hybridized carbons (Fsp3) is 0.105. The molecule has 1 heterocycles. The Bertz CT molecular complexity index is 943. The lowest BCUT2D eigenvalue weighted by Gasteiger charge is -2.09. The van der Waals surface area contributed by atoms with Gasteiger partial charge in [-0.25, -0.2) is 4.98 Å². The number of thiazole rings is 1. The molecule has 0 radical (unpaired) electrons. The zero-order valence-corrected chi connectivity index (χ0v) is 15.9. The van der Waals surface area contributed by atoms with E-state index in [-0.39, 0.29) is 11.8 Å². The third-order valence-corrected chi connectivity index (χ3v) is 4.54. The molecule has 3 rings (SSSR count). The number of ether oxygens (including phenoxy) is 1. The lowest BCUT2D eigenvalue weighted by atomic mass is 10.1. The van der Waals surface area contributed by atoms with Crippen LogP contribution in [0.3, 0.4) is 0 Å². The average Bonchev–Trinajstić information content (AvgIpc) is 3.17. The van der Waals surface area contributed by atoms with Gasteiger partial charge in [-0.05, 0) is 49.4 Å². The van der Waals surface area contributed by atoms with Crippen LogP contribution in [0.5, 0.6) is 5.75 Å². The minimum absolute atomic E-state index is 0.263. The molecule has 0 unspecified atom stereocenters. The quantitative estimate of drug-likeness (QED) is 0.627. The van der Waals surface area contributed by atoms with Crippen LogP contribution in [0.25, 0.3) is 0 Å². The van der Waals surface area contributed by atoms with Crippen LogP contribution in [0.15, 0.2) is 54.0 Å². The fourth-order valence-corrected chi connectivity index (χ4v) is 3.04. The summed E-state index contributed by atoms with van der Waals surface area (Å²) in [5.41, 5.74) is 1.44. The van der Waals surface area contributed by atoms with E-state index < -0.39 is 0 Å². The fourth-order valence-electron chi connectivity index (χ4n) is 2.28. The first-order valence-electron chi connectivity index (χ1n) is 8.11. The van der Waals surface area contributed by atoms with Crippen molar-refractivity contribution >= 4 is 45.6 Å². The van der Waals surface area contributed by atoms with Crippen molar-refractivity contribution in [2.75, 3.05) is 17.2 Å². The van der Waals surface area contributed by atoms with Crippen LogP contribution in [0.2, 0.25) is 5.02 Å². The first kappa shape index (κ1) is 18.9. The van der Waals surface area contributed by atoms with Gasteiger partial charge < -0.3 is 10.1 Å². The monoisotopic (exact) mass is 401 g/mol. The number of carbonyl (C=O) groups is 2. The summed E-state index contributed by atoms with van der Waals surface area (Å²) in [4.78, 5) is 28.5. The van der Waals surface area contributed by atoms with Crippen LogP contribution >= 0.6 is 22.9 Å². The lowest BCUT2D eigenvalue weighted by Crippen LogP contribution is -2.13. The van der Waals surface area contributed by atoms with Crippen LogP contribution in [-0.2, 0) is 0 Å². The predicted molar refractivity (Wildman–Crippen MR) is 107 cm³/mol. The van der Waals surface area contributed by atoms with Crippen molar-refractivity contribution in [2.45, 2.75) is 6.92 Å². The number of nitrogens with one attached hydrogen (secondary N) is 2. The predicted octanol–water partition coefficient (Wildman–Crippen LogP) is 4.70. The molecule has 2 aromatic carbocycles. The smallest absolute Gasteiger partial charge is 0.257 e. The summed E-state index contributed by atoms with van der Waals surface area (Å²) < 4.78 is 5.36. The summed E-state index contributed by atoms with van der Waals surface area (Å²) in [7, 11) is 0. The van der Waals surface area contributed by atoms with Gasteiger partial charge >= 0.3 is 0 Å². The van der Waals surface area contributed by atoms with E-state index in [1.807, 2.05) is 6.92 Å². The van der Waals surface area contributed by atoms with Gasteiger partial charge in [0.05, 0.1) is 11.6 Å². The molecule has 0 saturated carbocycles. The second-order valence-electron chi connectivity index (χ2n) is 5.40. The summed E-state index contributed by atoms with van der Waals surface area (Å²) in [5.74, 6) is -0.0348. The summed E-state index contributed by atoms with van der Waals surface area (Å²) in [6, 6.07) is 11.4. The Morgan fingerprint density at radius 3 is 2.41 bits per heavy atom. The number of amides is 2. The molecule has 3 aromatic rings. The Kier molecular flexibility index (Phi) is 6.05. The van der Waals surface area contributed by atoms with Gasteiger partial charge in [-0.1, -0.05) is 11.6 Å². The van der Waals surface area contributed by atoms with E-state index in [2.05, 4.69) is 15.6 Å². The summed E-state index contributed by atoms with van der Waals surface area (Å²) in [5, 5.41) is 8.15. The van der Waals surface area contributed by atoms with Crippen LogP contribution in [0, 0.1) is 0 Å². The second-order valence-corrected chi connectivity index (χ2v) is 6.70. The van der Waals surface area contributed by atoms with Crippen molar-refractivity contribution in [3.63, 3.8) is 0 Å². The van der Waals surface area contributed by atoms with Crippen LogP contribution in [-0.4, -0.2) is 23.4 Å². The van der Waals surface area contributed by atoms with E-state index in [1.165, 1.54) is 11.3 Å². The first-order chi connectivity index (χ1) is 13.1. The minimum Gasteiger partial charge on any atom is -0.492 e. The third kappa shape index (κ3) is 4.84. The highest BCUT2D eigenvalue weighted by Crippen LogP contribution is 2.26. The van der Waals surface area contributed by atoms with Gasteiger partial charge in [0.25, 0.3) is 11.8 Å². The molecular formula is C19H16ClN3O3S. The van der Waals surface area contributed by atoms with E-state index in [1.54, 1.807) is 54.0 Å². The molecule has 0 aliphatic carbocycles. The molecule has 0 bridgehead atoms. The van der Waals surface area contributed by atoms with E-state index in [4.69, 9.17) is 16.3 Å². The Hall–Kier alpha value is -2.90. The Balaban J connectivity index is 1.64. The minimum atomic E-state index is -0.306. The standard InChI is InChI=1S/C19H16ClN3O3S/c1-2-26-16-8-5-13(11-15(16)20)18(25)22-14-6-3-12(4-7-14)17(24)23-19-21-9-10-27-19/h3-11H,2H2,1H3,(H,22,25)(H,21,23,24). The number of carbonyl (C=O) groups excluding carboxylic acids is 2. The van der Waals surface area contributed by atoms with E-state index >= 15 is 0 Å². The Morgan fingerprint density at radius 2 is 1.78 bits per heavy atom. The maximum atomic E-state index is 12.4. The number of benzene rings is 2. The largest absolute Gasteiger partial charge is 0.492 e. The Morgan fingerprint density at radius 1 is 1.07 bits per heavy atom. The maximum absolute atomic E-state index is 12.4. The van der Waals surface area contributed by atoms with Crippen molar-refractivity contribution < 1.29 is 14.3 Å². The van der Waals surface area contributed by atoms with Crippen molar-refractivity contribution in [1.29, 1.82) is 0 Å². The molecule has 0 atom stereocenters. The zero-order chi connectivity index (χ0) is 19.2. The number of aromatic nitrogens is 1. The molecule has 27 heavy (non-hydrogen) atoms. The number of halogens is 1.